The van der Waals surface area contributed by atoms with Crippen LogP contribution in [0.3, 0.4) is 0 Å². The molecule has 8 nitrogen and oxygen atoms in total. The minimum Gasteiger partial charge on any atom is -0.488 e. The van der Waals surface area contributed by atoms with Gasteiger partial charge in [-0.3, -0.25) is 9.69 Å². The molecule has 0 radical (unpaired) electrons. The average molecular weight is 513 g/mol. The maximum absolute atomic E-state index is 13.1. The number of aromatic nitrogens is 2. The van der Waals surface area contributed by atoms with Gasteiger partial charge in [0, 0.05) is 56.3 Å². The molecule has 1 saturated heterocycles. The predicted octanol–water partition coefficient (Wildman–Crippen LogP) is 4.19. The summed E-state index contributed by atoms with van der Waals surface area (Å²) in [5.41, 5.74) is 3.93. The third-order valence-corrected chi connectivity index (χ3v) is 6.91. The first-order valence-corrected chi connectivity index (χ1v) is 12.6. The molecule has 9 heteroatoms. The number of aryl methyl sites for hydroxylation is 3. The number of carbonyl (C=O) groups excluding carboxylic acids is 1. The lowest BCUT2D eigenvalue weighted by molar-refractivity contribution is -0.132. The van der Waals surface area contributed by atoms with Crippen molar-refractivity contribution in [2.75, 3.05) is 32.8 Å². The number of aromatic amines is 1. The summed E-state index contributed by atoms with van der Waals surface area (Å²) in [5.74, 6) is 1.34. The number of imidazole rings is 1. The lowest BCUT2D eigenvalue weighted by Crippen LogP contribution is -2.49. The second-order valence-electron chi connectivity index (χ2n) is 9.46. The number of benzene rings is 1. The molecular formula is C27H33ClN4O4. The van der Waals surface area contributed by atoms with Crippen LogP contribution in [-0.2, 0) is 24.2 Å². The van der Waals surface area contributed by atoms with Gasteiger partial charge in [-0.1, -0.05) is 25.1 Å². The summed E-state index contributed by atoms with van der Waals surface area (Å²) in [6.07, 6.45) is 0.870. The number of halogens is 1. The molecule has 0 bridgehead atoms. The molecular weight excluding hydrogens is 480 g/mol. The molecule has 0 spiro atoms. The molecule has 3 heterocycles. The van der Waals surface area contributed by atoms with Gasteiger partial charge in [-0.2, -0.15) is 0 Å². The van der Waals surface area contributed by atoms with Crippen LogP contribution >= 0.6 is 11.6 Å². The Balaban J connectivity index is 1.43. The molecule has 2 aromatic heterocycles. The minimum atomic E-state index is -0.513. The summed E-state index contributed by atoms with van der Waals surface area (Å²) in [7, 11) is 0. The van der Waals surface area contributed by atoms with Gasteiger partial charge < -0.3 is 19.0 Å². The van der Waals surface area contributed by atoms with Crippen molar-refractivity contribution in [1.29, 1.82) is 0 Å². The maximum atomic E-state index is 13.1. The molecule has 36 heavy (non-hydrogen) atoms. The van der Waals surface area contributed by atoms with Gasteiger partial charge >= 0.3 is 5.63 Å². The Morgan fingerprint density at radius 3 is 2.61 bits per heavy atom. The summed E-state index contributed by atoms with van der Waals surface area (Å²) in [6, 6.07) is 3.33. The van der Waals surface area contributed by atoms with E-state index in [1.54, 1.807) is 12.1 Å². The monoisotopic (exact) mass is 512 g/mol. The molecule has 4 rings (SSSR count). The standard InChI is InChI=1S/C27H33ClN4O4/c1-6-25-29-18(5)22(30-25)14-31-7-9-32(10-8-31)26(33)12-20-17(4)19-11-21(28)24(35-15-16(2)3)13-23(19)36-27(20)34/h11,13H,2,6-10,12,14-15H2,1,3-5H3,(H,29,30). The highest BCUT2D eigenvalue weighted by atomic mass is 35.5. The molecule has 1 amide bonds. The van der Waals surface area contributed by atoms with Crippen molar-refractivity contribution in [3.05, 3.63) is 68.1 Å². The summed E-state index contributed by atoms with van der Waals surface area (Å²) >= 11 is 6.41. The van der Waals surface area contributed by atoms with Gasteiger partial charge in [0.2, 0.25) is 5.91 Å². The first kappa shape index (κ1) is 26.0. The quantitative estimate of drug-likeness (QED) is 0.359. The SMILES string of the molecule is C=C(C)COc1cc2oc(=O)c(CC(=O)N3CCN(Cc4nc(CC)[nH]c4C)CC3)c(C)c2cc1Cl. The number of piperazine rings is 1. The Hall–Kier alpha value is -3.10. The number of H-pyrrole nitrogens is 1. The predicted molar refractivity (Wildman–Crippen MR) is 141 cm³/mol. The highest BCUT2D eigenvalue weighted by molar-refractivity contribution is 6.32. The van der Waals surface area contributed by atoms with Crippen molar-refractivity contribution in [2.45, 2.75) is 47.1 Å². The van der Waals surface area contributed by atoms with E-state index in [4.69, 9.17) is 20.8 Å². The van der Waals surface area contributed by atoms with Crippen LogP contribution in [0.15, 0.2) is 33.5 Å². The van der Waals surface area contributed by atoms with E-state index in [-0.39, 0.29) is 12.3 Å². The van der Waals surface area contributed by atoms with Crippen LogP contribution in [0.1, 0.15) is 42.2 Å². The molecule has 192 valence electrons. The number of amides is 1. The summed E-state index contributed by atoms with van der Waals surface area (Å²) in [6.45, 7) is 15.4. The largest absolute Gasteiger partial charge is 0.488 e. The second-order valence-corrected chi connectivity index (χ2v) is 9.87. The van der Waals surface area contributed by atoms with Gasteiger partial charge in [0.1, 0.15) is 23.8 Å². The highest BCUT2D eigenvalue weighted by Crippen LogP contribution is 2.32. The molecule has 1 fully saturated rings. The number of hydrogen-bond acceptors (Lipinski definition) is 6. The molecule has 0 unspecified atom stereocenters. The fraction of sp³-hybridized carbons (Fsp3) is 0.444. The van der Waals surface area contributed by atoms with E-state index in [2.05, 4.69) is 28.4 Å². The van der Waals surface area contributed by atoms with Crippen LogP contribution in [0.2, 0.25) is 5.02 Å². The Labute approximate surface area is 215 Å². The van der Waals surface area contributed by atoms with Gasteiger partial charge in [-0.15, -0.1) is 0 Å². The zero-order valence-electron chi connectivity index (χ0n) is 21.4. The van der Waals surface area contributed by atoms with Gasteiger partial charge in [-0.05, 0) is 38.0 Å². The van der Waals surface area contributed by atoms with Crippen molar-refractivity contribution in [3.63, 3.8) is 0 Å². The molecule has 0 atom stereocenters. The van der Waals surface area contributed by atoms with Crippen LogP contribution < -0.4 is 10.4 Å². The van der Waals surface area contributed by atoms with Gasteiger partial charge in [-0.25, -0.2) is 9.78 Å². The van der Waals surface area contributed by atoms with Crippen molar-refractivity contribution >= 4 is 28.5 Å². The number of ether oxygens (including phenoxy) is 1. The molecule has 1 N–H and O–H groups in total. The van der Waals surface area contributed by atoms with E-state index in [1.807, 2.05) is 25.7 Å². The first-order valence-electron chi connectivity index (χ1n) is 12.2. The van der Waals surface area contributed by atoms with Gasteiger partial charge in [0.15, 0.2) is 0 Å². The van der Waals surface area contributed by atoms with Crippen LogP contribution in [0.5, 0.6) is 5.75 Å². The molecule has 3 aromatic rings. The van der Waals surface area contributed by atoms with Crippen molar-refractivity contribution in [3.8, 4) is 5.75 Å². The second kappa shape index (κ2) is 10.9. The number of hydrogen-bond donors (Lipinski definition) is 1. The van der Waals surface area contributed by atoms with E-state index in [9.17, 15) is 9.59 Å². The van der Waals surface area contributed by atoms with Crippen LogP contribution in [0.4, 0.5) is 0 Å². The molecule has 1 aromatic carbocycles. The fourth-order valence-electron chi connectivity index (χ4n) is 4.42. The number of nitrogens with zero attached hydrogens (tertiary/aromatic N) is 3. The molecule has 1 aliphatic heterocycles. The third-order valence-electron chi connectivity index (χ3n) is 6.61. The van der Waals surface area contributed by atoms with E-state index in [0.29, 0.717) is 52.6 Å². The molecule has 0 saturated carbocycles. The van der Waals surface area contributed by atoms with Crippen molar-refractivity contribution in [2.24, 2.45) is 0 Å². The summed E-state index contributed by atoms with van der Waals surface area (Å²) in [4.78, 5) is 38.0. The zero-order chi connectivity index (χ0) is 26.0. The maximum Gasteiger partial charge on any atom is 0.340 e. The normalized spacial score (nSPS) is 14.4. The Bertz CT molecular complexity index is 1350. The Morgan fingerprint density at radius 1 is 1.25 bits per heavy atom. The van der Waals surface area contributed by atoms with E-state index >= 15 is 0 Å². The van der Waals surface area contributed by atoms with Crippen molar-refractivity contribution in [1.82, 2.24) is 19.8 Å². The third kappa shape index (κ3) is 5.65. The Morgan fingerprint density at radius 2 is 1.97 bits per heavy atom. The number of carbonyl (C=O) groups is 1. The minimum absolute atomic E-state index is 0.00598. The van der Waals surface area contributed by atoms with Crippen LogP contribution in [-0.4, -0.2) is 58.5 Å². The van der Waals surface area contributed by atoms with Gasteiger partial charge in [0.25, 0.3) is 0 Å². The highest BCUT2D eigenvalue weighted by Gasteiger charge is 2.25. The van der Waals surface area contributed by atoms with Crippen LogP contribution in [0.25, 0.3) is 11.0 Å². The van der Waals surface area contributed by atoms with Gasteiger partial charge in [0.05, 0.1) is 22.7 Å². The molecule has 1 aliphatic rings. The van der Waals surface area contributed by atoms with Crippen LogP contribution in [0, 0.1) is 13.8 Å². The Kier molecular flexibility index (Phi) is 7.85. The molecule has 0 aliphatic carbocycles. The fourth-order valence-corrected chi connectivity index (χ4v) is 4.64. The van der Waals surface area contributed by atoms with E-state index in [1.165, 1.54) is 0 Å². The lowest BCUT2D eigenvalue weighted by Gasteiger charge is -2.34. The van der Waals surface area contributed by atoms with E-state index < -0.39 is 5.63 Å². The summed E-state index contributed by atoms with van der Waals surface area (Å²) in [5, 5.41) is 1.10. The zero-order valence-corrected chi connectivity index (χ0v) is 22.1. The lowest BCUT2D eigenvalue weighted by atomic mass is 10.0. The first-order chi connectivity index (χ1) is 17.2. The van der Waals surface area contributed by atoms with Crippen molar-refractivity contribution < 1.29 is 13.9 Å². The smallest absolute Gasteiger partial charge is 0.340 e. The number of fused-ring (bicyclic) bond motifs is 1. The number of nitrogens with one attached hydrogen (secondary N) is 1. The topological polar surface area (TPSA) is 91.7 Å². The summed E-state index contributed by atoms with van der Waals surface area (Å²) < 4.78 is 11.2. The average Bonchev–Trinajstić information content (AvgIpc) is 3.20. The van der Waals surface area contributed by atoms with E-state index in [0.717, 1.165) is 48.8 Å². The number of rotatable bonds is 8.